The zero-order valence-electron chi connectivity index (χ0n) is 13.6. The van der Waals surface area contributed by atoms with E-state index in [9.17, 15) is 9.59 Å². The van der Waals surface area contributed by atoms with Gasteiger partial charge in [-0.15, -0.1) is 11.3 Å². The average Bonchev–Trinajstić information content (AvgIpc) is 2.99. The Morgan fingerprint density at radius 3 is 2.42 bits per heavy atom. The minimum atomic E-state index is -0.153. The molecule has 1 aromatic heterocycles. The predicted molar refractivity (Wildman–Crippen MR) is 98.7 cm³/mol. The van der Waals surface area contributed by atoms with Crippen LogP contribution in [0.3, 0.4) is 0 Å². The fraction of sp³-hybridized carbons (Fsp3) is 0.294. The second kappa shape index (κ2) is 8.82. The second-order valence-electron chi connectivity index (χ2n) is 5.21. The van der Waals surface area contributed by atoms with E-state index in [4.69, 9.17) is 11.6 Å². The third kappa shape index (κ3) is 5.33. The maximum absolute atomic E-state index is 12.2. The van der Waals surface area contributed by atoms with Gasteiger partial charge < -0.3 is 10.6 Å². The Hall–Kier alpha value is -1.89. The van der Waals surface area contributed by atoms with Gasteiger partial charge in [-0.2, -0.15) is 0 Å². The van der Waals surface area contributed by atoms with Crippen molar-refractivity contribution in [2.24, 2.45) is 0 Å². The number of halogens is 1. The molecule has 0 saturated heterocycles. The Bertz CT molecular complexity index is 700. The number of nitrogens with zero attached hydrogens (tertiary/aromatic N) is 1. The SMILES string of the molecule is CCN(CC(=O)Nc1ccc(C(=O)NC)cc1)Cc1ccc(Cl)s1. The Morgan fingerprint density at radius 1 is 1.17 bits per heavy atom. The summed E-state index contributed by atoms with van der Waals surface area (Å²) in [6.45, 7) is 3.76. The fourth-order valence-electron chi connectivity index (χ4n) is 2.19. The van der Waals surface area contributed by atoms with Crippen LogP contribution in [0.15, 0.2) is 36.4 Å². The molecule has 0 radical (unpaired) electrons. The second-order valence-corrected chi connectivity index (χ2v) is 7.01. The van der Waals surface area contributed by atoms with Crippen molar-refractivity contribution in [3.8, 4) is 0 Å². The van der Waals surface area contributed by atoms with Crippen molar-refractivity contribution >= 4 is 40.4 Å². The molecule has 2 rings (SSSR count). The summed E-state index contributed by atoms with van der Waals surface area (Å²) in [5.41, 5.74) is 1.23. The number of likely N-dealkylation sites (N-methyl/N-ethyl adjacent to an activating group) is 1. The van der Waals surface area contributed by atoms with Gasteiger partial charge in [0.15, 0.2) is 0 Å². The van der Waals surface area contributed by atoms with Gasteiger partial charge in [0.2, 0.25) is 5.91 Å². The normalized spacial score (nSPS) is 10.7. The van der Waals surface area contributed by atoms with Crippen LogP contribution in [0, 0.1) is 0 Å². The average molecular weight is 366 g/mol. The number of benzene rings is 1. The van der Waals surface area contributed by atoms with Crippen molar-refractivity contribution in [3.05, 3.63) is 51.2 Å². The summed E-state index contributed by atoms with van der Waals surface area (Å²) >= 11 is 7.46. The van der Waals surface area contributed by atoms with Gasteiger partial charge >= 0.3 is 0 Å². The third-order valence-electron chi connectivity index (χ3n) is 3.48. The van der Waals surface area contributed by atoms with Crippen LogP contribution >= 0.6 is 22.9 Å². The minimum absolute atomic E-state index is 0.0906. The molecule has 0 spiro atoms. The zero-order valence-corrected chi connectivity index (χ0v) is 15.2. The Kier molecular flexibility index (Phi) is 6.78. The highest BCUT2D eigenvalue weighted by atomic mass is 35.5. The first-order valence-corrected chi connectivity index (χ1v) is 8.79. The van der Waals surface area contributed by atoms with E-state index in [1.165, 1.54) is 11.3 Å². The maximum atomic E-state index is 12.2. The number of hydrogen-bond donors (Lipinski definition) is 2. The molecule has 2 N–H and O–H groups in total. The molecule has 0 aliphatic rings. The lowest BCUT2D eigenvalue weighted by Gasteiger charge is -2.19. The summed E-state index contributed by atoms with van der Waals surface area (Å²) < 4.78 is 0.752. The van der Waals surface area contributed by atoms with Crippen molar-refractivity contribution in [2.75, 3.05) is 25.5 Å². The molecule has 0 bridgehead atoms. The number of carbonyl (C=O) groups excluding carboxylic acids is 2. The van der Waals surface area contributed by atoms with E-state index in [1.807, 2.05) is 24.0 Å². The third-order valence-corrected chi connectivity index (χ3v) is 4.70. The van der Waals surface area contributed by atoms with Crippen LogP contribution in [0.2, 0.25) is 4.34 Å². The van der Waals surface area contributed by atoms with E-state index < -0.39 is 0 Å². The molecular weight excluding hydrogens is 346 g/mol. The monoisotopic (exact) mass is 365 g/mol. The van der Waals surface area contributed by atoms with Crippen molar-refractivity contribution < 1.29 is 9.59 Å². The fourth-order valence-corrected chi connectivity index (χ4v) is 3.32. The highest BCUT2D eigenvalue weighted by Gasteiger charge is 2.11. The molecular formula is C17H20ClN3O2S. The van der Waals surface area contributed by atoms with Crippen LogP contribution in [0.5, 0.6) is 0 Å². The molecule has 1 heterocycles. The Morgan fingerprint density at radius 2 is 1.88 bits per heavy atom. The van der Waals surface area contributed by atoms with Gasteiger partial charge in [-0.3, -0.25) is 14.5 Å². The van der Waals surface area contributed by atoms with Crippen LogP contribution in [0.1, 0.15) is 22.2 Å². The van der Waals surface area contributed by atoms with E-state index in [2.05, 4.69) is 10.6 Å². The summed E-state index contributed by atoms with van der Waals surface area (Å²) in [4.78, 5) is 26.9. The zero-order chi connectivity index (χ0) is 17.5. The first-order chi connectivity index (χ1) is 11.5. The molecule has 0 unspecified atom stereocenters. The Balaban J connectivity index is 1.90. The molecule has 0 aliphatic carbocycles. The number of rotatable bonds is 7. The van der Waals surface area contributed by atoms with Gasteiger partial charge in [-0.1, -0.05) is 18.5 Å². The number of nitrogens with one attached hydrogen (secondary N) is 2. The van der Waals surface area contributed by atoms with Crippen molar-refractivity contribution in [1.29, 1.82) is 0 Å². The standard InChI is InChI=1S/C17H20ClN3O2S/c1-3-21(10-14-8-9-15(18)24-14)11-16(22)20-13-6-4-12(5-7-13)17(23)19-2/h4-9H,3,10-11H2,1-2H3,(H,19,23)(H,20,22). The quantitative estimate of drug-likeness (QED) is 0.792. The highest BCUT2D eigenvalue weighted by molar-refractivity contribution is 7.16. The molecule has 2 amide bonds. The summed E-state index contributed by atoms with van der Waals surface area (Å²) in [7, 11) is 1.58. The van der Waals surface area contributed by atoms with E-state index >= 15 is 0 Å². The Labute approximate surface area is 150 Å². The lowest BCUT2D eigenvalue weighted by molar-refractivity contribution is -0.117. The van der Waals surface area contributed by atoms with E-state index in [-0.39, 0.29) is 11.8 Å². The number of thiophene rings is 1. The van der Waals surface area contributed by atoms with E-state index in [0.29, 0.717) is 24.3 Å². The molecule has 0 fully saturated rings. The largest absolute Gasteiger partial charge is 0.355 e. The lowest BCUT2D eigenvalue weighted by Crippen LogP contribution is -2.32. The molecule has 1 aromatic carbocycles. The van der Waals surface area contributed by atoms with Crippen molar-refractivity contribution in [1.82, 2.24) is 10.2 Å². The molecule has 5 nitrogen and oxygen atoms in total. The number of anilines is 1. The van der Waals surface area contributed by atoms with Gasteiger partial charge in [-0.25, -0.2) is 0 Å². The van der Waals surface area contributed by atoms with E-state index in [1.54, 1.807) is 31.3 Å². The highest BCUT2D eigenvalue weighted by Crippen LogP contribution is 2.22. The topological polar surface area (TPSA) is 61.4 Å². The summed E-state index contributed by atoms with van der Waals surface area (Å²) in [6.07, 6.45) is 0. The van der Waals surface area contributed by atoms with Crippen molar-refractivity contribution in [3.63, 3.8) is 0 Å². The van der Waals surface area contributed by atoms with Crippen LogP contribution in [-0.4, -0.2) is 36.9 Å². The van der Waals surface area contributed by atoms with Crippen molar-refractivity contribution in [2.45, 2.75) is 13.5 Å². The molecule has 128 valence electrons. The van der Waals surface area contributed by atoms with Crippen LogP contribution in [0.25, 0.3) is 0 Å². The molecule has 0 saturated carbocycles. The lowest BCUT2D eigenvalue weighted by atomic mass is 10.2. The van der Waals surface area contributed by atoms with Gasteiger partial charge in [0.25, 0.3) is 5.91 Å². The van der Waals surface area contributed by atoms with E-state index in [0.717, 1.165) is 15.8 Å². The maximum Gasteiger partial charge on any atom is 0.251 e. The smallest absolute Gasteiger partial charge is 0.251 e. The number of hydrogen-bond acceptors (Lipinski definition) is 4. The summed E-state index contributed by atoms with van der Waals surface area (Å²) in [5.74, 6) is -0.244. The summed E-state index contributed by atoms with van der Waals surface area (Å²) in [5, 5.41) is 5.41. The molecule has 24 heavy (non-hydrogen) atoms. The van der Waals surface area contributed by atoms with Gasteiger partial charge in [0.05, 0.1) is 10.9 Å². The van der Waals surface area contributed by atoms with Gasteiger partial charge in [-0.05, 0) is 42.9 Å². The predicted octanol–water partition coefficient (Wildman–Crippen LogP) is 3.22. The van der Waals surface area contributed by atoms with Gasteiger partial charge in [0.1, 0.15) is 0 Å². The summed E-state index contributed by atoms with van der Waals surface area (Å²) in [6, 6.07) is 10.6. The van der Waals surface area contributed by atoms with Crippen LogP contribution in [-0.2, 0) is 11.3 Å². The molecule has 2 aromatic rings. The minimum Gasteiger partial charge on any atom is -0.355 e. The van der Waals surface area contributed by atoms with Crippen LogP contribution < -0.4 is 10.6 Å². The number of amides is 2. The first-order valence-electron chi connectivity index (χ1n) is 7.60. The molecule has 0 atom stereocenters. The van der Waals surface area contributed by atoms with Gasteiger partial charge in [0, 0.05) is 29.7 Å². The first kappa shape index (κ1) is 18.4. The molecule has 0 aliphatic heterocycles. The van der Waals surface area contributed by atoms with Crippen LogP contribution in [0.4, 0.5) is 5.69 Å². The molecule has 7 heteroatoms. The number of carbonyl (C=O) groups is 2.